The number of rotatable bonds is 5. The van der Waals surface area contributed by atoms with E-state index in [-0.39, 0.29) is 22.9 Å². The molecule has 0 bridgehead atoms. The fraction of sp³-hybridized carbons (Fsp3) is 0.400. The van der Waals surface area contributed by atoms with Crippen molar-refractivity contribution in [2.45, 2.75) is 50.0 Å². The van der Waals surface area contributed by atoms with Gasteiger partial charge in [-0.3, -0.25) is 4.79 Å². The molecule has 4 rings (SSSR count). The van der Waals surface area contributed by atoms with Crippen molar-refractivity contribution in [1.82, 2.24) is 14.2 Å². The fourth-order valence-corrected chi connectivity index (χ4v) is 3.99. The highest BCUT2D eigenvalue weighted by molar-refractivity contribution is 7.91. The van der Waals surface area contributed by atoms with Crippen LogP contribution in [0.25, 0.3) is 5.65 Å². The number of fused-ring (bicyclic) bond motifs is 1. The highest BCUT2D eigenvalue weighted by Gasteiger charge is 2.27. The molecule has 148 valence electrons. The van der Waals surface area contributed by atoms with Gasteiger partial charge in [-0.2, -0.15) is 9.61 Å². The summed E-state index contributed by atoms with van der Waals surface area (Å²) < 4.78 is 37.4. The van der Waals surface area contributed by atoms with Crippen LogP contribution in [0.4, 0.5) is 4.39 Å². The van der Waals surface area contributed by atoms with E-state index in [1.807, 2.05) is 24.5 Å². The van der Waals surface area contributed by atoms with E-state index in [4.69, 9.17) is 4.78 Å². The summed E-state index contributed by atoms with van der Waals surface area (Å²) in [6.07, 6.45) is 5.21. The van der Waals surface area contributed by atoms with Gasteiger partial charge >= 0.3 is 0 Å². The lowest BCUT2D eigenvalue weighted by atomic mass is 10.1. The smallest absolute Gasteiger partial charge is 0.277 e. The SMILES string of the molecule is CC(C)c1cn(Cc2ccc(S(C)(=N)=O)cc2F)c2cc(C3CC3)nn2c1=O. The summed E-state index contributed by atoms with van der Waals surface area (Å²) in [6, 6.07) is 6.17. The average Bonchev–Trinajstić information content (AvgIpc) is 3.36. The van der Waals surface area contributed by atoms with Gasteiger partial charge in [0.05, 0.1) is 22.0 Å². The van der Waals surface area contributed by atoms with Gasteiger partial charge in [0.15, 0.2) is 0 Å². The van der Waals surface area contributed by atoms with Crippen molar-refractivity contribution in [2.24, 2.45) is 0 Å². The number of nitrogens with one attached hydrogen (secondary N) is 1. The quantitative estimate of drug-likeness (QED) is 0.706. The highest BCUT2D eigenvalue weighted by Crippen LogP contribution is 2.39. The minimum Gasteiger partial charge on any atom is -0.328 e. The lowest BCUT2D eigenvalue weighted by Crippen LogP contribution is -2.24. The fourth-order valence-electron chi connectivity index (χ4n) is 3.34. The van der Waals surface area contributed by atoms with Crippen molar-refractivity contribution in [3.05, 3.63) is 63.5 Å². The van der Waals surface area contributed by atoms with Gasteiger partial charge in [-0.1, -0.05) is 19.9 Å². The topological polar surface area (TPSA) is 80.2 Å². The van der Waals surface area contributed by atoms with Crippen molar-refractivity contribution >= 4 is 15.4 Å². The first kappa shape index (κ1) is 18.9. The van der Waals surface area contributed by atoms with Gasteiger partial charge in [0.25, 0.3) is 5.56 Å². The van der Waals surface area contributed by atoms with Crippen LogP contribution in [0, 0.1) is 10.6 Å². The van der Waals surface area contributed by atoms with Gasteiger partial charge < -0.3 is 4.57 Å². The number of aromatic nitrogens is 3. The maximum atomic E-state index is 14.6. The lowest BCUT2D eigenvalue weighted by molar-refractivity contribution is 0.593. The highest BCUT2D eigenvalue weighted by atomic mass is 32.2. The maximum absolute atomic E-state index is 14.6. The zero-order valence-corrected chi connectivity index (χ0v) is 16.9. The molecule has 3 aromatic rings. The Bertz CT molecular complexity index is 1240. The molecule has 1 atom stereocenters. The summed E-state index contributed by atoms with van der Waals surface area (Å²) in [5, 5.41) is 4.52. The van der Waals surface area contributed by atoms with E-state index in [0.29, 0.717) is 22.7 Å². The molecule has 0 aliphatic heterocycles. The molecule has 2 aromatic heterocycles. The molecule has 1 aliphatic rings. The van der Waals surface area contributed by atoms with E-state index in [9.17, 15) is 13.4 Å². The Balaban J connectivity index is 1.84. The van der Waals surface area contributed by atoms with Crippen LogP contribution in [-0.4, -0.2) is 24.6 Å². The summed E-state index contributed by atoms with van der Waals surface area (Å²) in [7, 11) is -2.97. The van der Waals surface area contributed by atoms with Crippen LogP contribution in [0.1, 0.15) is 55.3 Å². The van der Waals surface area contributed by atoms with Gasteiger partial charge in [0.2, 0.25) is 0 Å². The minimum absolute atomic E-state index is 0.0111. The predicted octanol–water partition coefficient (Wildman–Crippen LogP) is 3.72. The molecule has 28 heavy (non-hydrogen) atoms. The molecule has 0 spiro atoms. The van der Waals surface area contributed by atoms with Crippen molar-refractivity contribution in [1.29, 1.82) is 4.78 Å². The van der Waals surface area contributed by atoms with Crippen LogP contribution in [0.15, 0.2) is 40.2 Å². The van der Waals surface area contributed by atoms with E-state index in [2.05, 4.69) is 5.10 Å². The Morgan fingerprint density at radius 1 is 1.32 bits per heavy atom. The Kier molecular flexibility index (Phi) is 4.41. The van der Waals surface area contributed by atoms with E-state index < -0.39 is 15.5 Å². The maximum Gasteiger partial charge on any atom is 0.277 e. The summed E-state index contributed by atoms with van der Waals surface area (Å²) in [5.41, 5.74) is 2.44. The van der Waals surface area contributed by atoms with Crippen molar-refractivity contribution in [3.63, 3.8) is 0 Å². The number of hydrogen-bond donors (Lipinski definition) is 1. The lowest BCUT2D eigenvalue weighted by Gasteiger charge is -2.14. The Labute approximate surface area is 163 Å². The van der Waals surface area contributed by atoms with Crippen LogP contribution in [0.2, 0.25) is 0 Å². The second kappa shape index (κ2) is 6.55. The van der Waals surface area contributed by atoms with Crippen molar-refractivity contribution in [3.8, 4) is 0 Å². The van der Waals surface area contributed by atoms with Crippen LogP contribution in [-0.2, 0) is 16.3 Å². The number of benzene rings is 1. The second-order valence-electron chi connectivity index (χ2n) is 7.88. The Hall–Kier alpha value is -2.48. The molecule has 1 aliphatic carbocycles. The molecule has 0 amide bonds. The largest absolute Gasteiger partial charge is 0.328 e. The standard InChI is InChI=1S/C20H23FN4O2S/c1-12(2)16-11-24(10-14-6-7-15(8-17(14)21)28(3,22)27)19-9-18(13-4-5-13)23-25(19)20(16)26/h6-9,11-13,22H,4-5,10H2,1-3H3. The second-order valence-corrected chi connectivity index (χ2v) is 10.0. The summed E-state index contributed by atoms with van der Waals surface area (Å²) in [5.74, 6) is -0.0951. The van der Waals surface area contributed by atoms with Gasteiger partial charge in [-0.25, -0.2) is 13.4 Å². The predicted molar refractivity (Wildman–Crippen MR) is 106 cm³/mol. The molecule has 2 heterocycles. The molecule has 1 aromatic carbocycles. The molecule has 0 saturated heterocycles. The van der Waals surface area contributed by atoms with Gasteiger partial charge in [0, 0.05) is 40.5 Å². The van der Waals surface area contributed by atoms with Crippen molar-refractivity contribution in [2.75, 3.05) is 6.26 Å². The van der Waals surface area contributed by atoms with Crippen LogP contribution < -0.4 is 5.56 Å². The average molecular weight is 402 g/mol. The first-order valence-electron chi connectivity index (χ1n) is 9.30. The molecular formula is C20H23FN4O2S. The van der Waals surface area contributed by atoms with Crippen molar-refractivity contribution < 1.29 is 8.60 Å². The van der Waals surface area contributed by atoms with E-state index in [0.717, 1.165) is 18.5 Å². The first-order chi connectivity index (χ1) is 13.1. The third-order valence-electron chi connectivity index (χ3n) is 5.17. The van der Waals surface area contributed by atoms with E-state index >= 15 is 0 Å². The normalized spacial score (nSPS) is 16.6. The third-order valence-corrected chi connectivity index (χ3v) is 6.32. The summed E-state index contributed by atoms with van der Waals surface area (Å²) in [6.45, 7) is 4.10. The zero-order chi connectivity index (χ0) is 20.2. The van der Waals surface area contributed by atoms with E-state index in [1.54, 1.807) is 12.3 Å². The van der Waals surface area contributed by atoms with Crippen LogP contribution >= 0.6 is 0 Å². The van der Waals surface area contributed by atoms with Crippen LogP contribution in [0.5, 0.6) is 0 Å². The Morgan fingerprint density at radius 2 is 2.04 bits per heavy atom. The number of nitrogens with zero attached hydrogens (tertiary/aromatic N) is 3. The molecule has 1 unspecified atom stereocenters. The molecule has 0 radical (unpaired) electrons. The molecular weight excluding hydrogens is 379 g/mol. The molecule has 6 nitrogen and oxygen atoms in total. The van der Waals surface area contributed by atoms with Gasteiger partial charge in [-0.05, 0) is 30.9 Å². The summed E-state index contributed by atoms with van der Waals surface area (Å²) in [4.78, 5) is 13.0. The first-order valence-corrected chi connectivity index (χ1v) is 11.3. The van der Waals surface area contributed by atoms with Crippen LogP contribution in [0.3, 0.4) is 0 Å². The monoisotopic (exact) mass is 402 g/mol. The van der Waals surface area contributed by atoms with Gasteiger partial charge in [-0.15, -0.1) is 0 Å². The summed E-state index contributed by atoms with van der Waals surface area (Å²) >= 11 is 0. The molecule has 8 heteroatoms. The zero-order valence-electron chi connectivity index (χ0n) is 16.1. The number of halogens is 1. The number of hydrogen-bond acceptors (Lipinski definition) is 4. The Morgan fingerprint density at radius 3 is 2.61 bits per heavy atom. The van der Waals surface area contributed by atoms with Gasteiger partial charge in [0.1, 0.15) is 11.5 Å². The molecule has 1 N–H and O–H groups in total. The van der Waals surface area contributed by atoms with E-state index in [1.165, 1.54) is 22.9 Å². The molecule has 1 saturated carbocycles. The third kappa shape index (κ3) is 3.37. The molecule has 1 fully saturated rings. The minimum atomic E-state index is -2.97.